The molecule has 3 rings (SSSR count). The summed E-state index contributed by atoms with van der Waals surface area (Å²) >= 11 is 0. The summed E-state index contributed by atoms with van der Waals surface area (Å²) < 4.78 is 19.6. The van der Waals surface area contributed by atoms with Crippen LogP contribution in [0.15, 0.2) is 54.6 Å². The van der Waals surface area contributed by atoms with Crippen LogP contribution in [0.5, 0.6) is 17.4 Å². The Labute approximate surface area is 215 Å². The summed E-state index contributed by atoms with van der Waals surface area (Å²) in [5.74, 6) is 2.04. The van der Waals surface area contributed by atoms with Crippen molar-refractivity contribution in [3.05, 3.63) is 65.9 Å². The Balaban J connectivity index is 1.96. The van der Waals surface area contributed by atoms with Crippen LogP contribution in [0.25, 0.3) is 5.69 Å². The van der Waals surface area contributed by atoms with Gasteiger partial charge in [0.15, 0.2) is 0 Å². The lowest BCUT2D eigenvalue weighted by molar-refractivity contribution is -0.0593. The minimum absolute atomic E-state index is 0.249. The second-order valence-corrected chi connectivity index (χ2v) is 10.2. The van der Waals surface area contributed by atoms with Crippen molar-refractivity contribution in [2.75, 3.05) is 20.3 Å². The summed E-state index contributed by atoms with van der Waals surface area (Å²) in [6.45, 7) is 13.7. The first-order valence-corrected chi connectivity index (χ1v) is 12.6. The summed E-state index contributed by atoms with van der Waals surface area (Å²) in [6, 6.07) is 17.8. The molecule has 3 aromatic rings. The third-order valence-corrected chi connectivity index (χ3v) is 6.12. The molecule has 36 heavy (non-hydrogen) atoms. The number of hydrogen-bond acceptors (Lipinski definition) is 6. The molecule has 0 bridgehead atoms. The van der Waals surface area contributed by atoms with E-state index in [0.717, 1.165) is 29.1 Å². The van der Waals surface area contributed by atoms with E-state index in [1.165, 1.54) is 0 Å². The highest BCUT2D eigenvalue weighted by Crippen LogP contribution is 2.33. The fourth-order valence-electron chi connectivity index (χ4n) is 3.88. The standard InChI is InChI=1S/C29H41N3O4/c1-8-21(2)31(18-24(33)20-35-29(4,5)6)19-27-22(3)30-32(23-13-10-9-11-14-23)28(27)36-26-16-12-15-25(17-26)34-7/h9-17,21,24,33H,8,18-20H2,1-7H3/t21-,24+/m1/s1. The van der Waals surface area contributed by atoms with Crippen LogP contribution in [0.2, 0.25) is 0 Å². The number of nitrogens with zero attached hydrogens (tertiary/aromatic N) is 3. The monoisotopic (exact) mass is 495 g/mol. The number of methoxy groups -OCH3 is 1. The van der Waals surface area contributed by atoms with Crippen LogP contribution >= 0.6 is 0 Å². The number of hydrogen-bond donors (Lipinski definition) is 1. The average molecular weight is 496 g/mol. The highest BCUT2D eigenvalue weighted by Gasteiger charge is 2.25. The van der Waals surface area contributed by atoms with E-state index < -0.39 is 6.10 Å². The third-order valence-electron chi connectivity index (χ3n) is 6.12. The van der Waals surface area contributed by atoms with Crippen LogP contribution in [0.4, 0.5) is 0 Å². The van der Waals surface area contributed by atoms with E-state index >= 15 is 0 Å². The van der Waals surface area contributed by atoms with E-state index in [-0.39, 0.29) is 18.2 Å². The van der Waals surface area contributed by atoms with Gasteiger partial charge in [-0.25, -0.2) is 4.68 Å². The lowest BCUT2D eigenvalue weighted by atomic mass is 10.1. The summed E-state index contributed by atoms with van der Waals surface area (Å²) in [5, 5.41) is 15.6. The predicted octanol–water partition coefficient (Wildman–Crippen LogP) is 5.76. The zero-order valence-electron chi connectivity index (χ0n) is 22.7. The Hall–Kier alpha value is -2.87. The molecule has 7 nitrogen and oxygen atoms in total. The quantitative estimate of drug-likeness (QED) is 0.345. The number of benzene rings is 2. The van der Waals surface area contributed by atoms with Crippen molar-refractivity contribution in [1.29, 1.82) is 0 Å². The topological polar surface area (TPSA) is 69.0 Å². The van der Waals surface area contributed by atoms with Crippen molar-refractivity contribution in [2.24, 2.45) is 0 Å². The molecule has 1 N–H and O–H groups in total. The molecular formula is C29H41N3O4. The molecular weight excluding hydrogens is 454 g/mol. The van der Waals surface area contributed by atoms with Crippen LogP contribution in [-0.2, 0) is 11.3 Å². The Morgan fingerprint density at radius 3 is 2.39 bits per heavy atom. The average Bonchev–Trinajstić information content (AvgIpc) is 3.16. The van der Waals surface area contributed by atoms with E-state index in [4.69, 9.17) is 19.3 Å². The van der Waals surface area contributed by atoms with Gasteiger partial charge in [-0.1, -0.05) is 31.2 Å². The van der Waals surface area contributed by atoms with Gasteiger partial charge in [0, 0.05) is 25.2 Å². The third kappa shape index (κ3) is 7.56. The summed E-state index contributed by atoms with van der Waals surface area (Å²) in [6.07, 6.45) is 0.343. The van der Waals surface area contributed by atoms with Gasteiger partial charge in [0.1, 0.15) is 11.5 Å². The first-order valence-electron chi connectivity index (χ1n) is 12.6. The first-order chi connectivity index (χ1) is 17.1. The molecule has 0 saturated heterocycles. The fraction of sp³-hybridized carbons (Fsp3) is 0.483. The van der Waals surface area contributed by atoms with Crippen molar-refractivity contribution in [3.63, 3.8) is 0 Å². The lowest BCUT2D eigenvalue weighted by Crippen LogP contribution is -2.41. The van der Waals surface area contributed by atoms with Crippen LogP contribution in [-0.4, -0.2) is 57.8 Å². The van der Waals surface area contributed by atoms with Gasteiger partial charge in [-0.05, 0) is 65.3 Å². The number of aliphatic hydroxyl groups is 1. The molecule has 196 valence electrons. The van der Waals surface area contributed by atoms with Gasteiger partial charge in [-0.15, -0.1) is 0 Å². The van der Waals surface area contributed by atoms with Crippen LogP contribution in [0.3, 0.4) is 0 Å². The maximum atomic E-state index is 10.8. The highest BCUT2D eigenvalue weighted by molar-refractivity contribution is 5.44. The van der Waals surface area contributed by atoms with Crippen molar-refractivity contribution in [1.82, 2.24) is 14.7 Å². The first kappa shape index (κ1) is 27.7. The zero-order valence-corrected chi connectivity index (χ0v) is 22.7. The van der Waals surface area contributed by atoms with Crippen molar-refractivity contribution < 1.29 is 19.3 Å². The van der Waals surface area contributed by atoms with Crippen molar-refractivity contribution in [2.45, 2.75) is 72.3 Å². The molecule has 2 atom stereocenters. The number of aliphatic hydroxyl groups excluding tert-OH is 1. The number of aryl methyl sites for hydroxylation is 1. The van der Waals surface area contributed by atoms with Crippen molar-refractivity contribution >= 4 is 0 Å². The molecule has 0 aliphatic rings. The molecule has 0 fully saturated rings. The Bertz CT molecular complexity index is 1090. The maximum absolute atomic E-state index is 10.8. The highest BCUT2D eigenvalue weighted by atomic mass is 16.5. The minimum atomic E-state index is -0.606. The second-order valence-electron chi connectivity index (χ2n) is 10.2. The molecule has 0 aliphatic heterocycles. The molecule has 7 heteroatoms. The number of para-hydroxylation sites is 1. The largest absolute Gasteiger partial charge is 0.497 e. The SMILES string of the molecule is CC[C@@H](C)N(Cc1c(C)nn(-c2ccccc2)c1Oc1cccc(OC)c1)C[C@H](O)COC(C)(C)C. The van der Waals surface area contributed by atoms with Crippen LogP contribution in [0.1, 0.15) is 52.3 Å². The molecule has 0 saturated carbocycles. The molecule has 1 aromatic heterocycles. The molecule has 0 unspecified atom stereocenters. The summed E-state index contributed by atoms with van der Waals surface area (Å²) in [7, 11) is 1.64. The van der Waals surface area contributed by atoms with E-state index in [0.29, 0.717) is 24.7 Å². The van der Waals surface area contributed by atoms with Gasteiger partial charge in [0.2, 0.25) is 5.88 Å². The molecule has 0 aliphatic carbocycles. The zero-order chi connectivity index (χ0) is 26.3. The summed E-state index contributed by atoms with van der Waals surface area (Å²) in [5.41, 5.74) is 2.47. The molecule has 0 spiro atoms. The van der Waals surface area contributed by atoms with Gasteiger partial charge in [-0.2, -0.15) is 5.10 Å². The Morgan fingerprint density at radius 1 is 1.06 bits per heavy atom. The number of aromatic nitrogens is 2. The molecule has 2 aromatic carbocycles. The second kappa shape index (κ2) is 12.4. The smallest absolute Gasteiger partial charge is 0.227 e. The molecule has 0 amide bonds. The Morgan fingerprint density at radius 2 is 1.75 bits per heavy atom. The van der Waals surface area contributed by atoms with Crippen LogP contribution in [0, 0.1) is 6.92 Å². The predicted molar refractivity (Wildman–Crippen MR) is 143 cm³/mol. The van der Waals surface area contributed by atoms with Gasteiger partial charge >= 0.3 is 0 Å². The molecule has 1 heterocycles. The summed E-state index contributed by atoms with van der Waals surface area (Å²) in [4.78, 5) is 2.27. The number of rotatable bonds is 12. The fourth-order valence-corrected chi connectivity index (χ4v) is 3.88. The van der Waals surface area contributed by atoms with E-state index in [2.05, 4.69) is 18.7 Å². The van der Waals surface area contributed by atoms with Crippen LogP contribution < -0.4 is 9.47 Å². The van der Waals surface area contributed by atoms with E-state index in [1.54, 1.807) is 7.11 Å². The minimum Gasteiger partial charge on any atom is -0.497 e. The normalized spacial score (nSPS) is 13.6. The van der Waals surface area contributed by atoms with Gasteiger partial charge in [-0.3, -0.25) is 4.90 Å². The van der Waals surface area contributed by atoms with Gasteiger partial charge in [0.05, 0.1) is 42.4 Å². The van der Waals surface area contributed by atoms with E-state index in [9.17, 15) is 5.11 Å². The lowest BCUT2D eigenvalue weighted by Gasteiger charge is -2.31. The Kier molecular flexibility index (Phi) is 9.54. The van der Waals surface area contributed by atoms with E-state index in [1.807, 2.05) is 87.0 Å². The number of ether oxygens (including phenoxy) is 3. The van der Waals surface area contributed by atoms with Crippen molar-refractivity contribution in [3.8, 4) is 23.1 Å². The maximum Gasteiger partial charge on any atom is 0.227 e. The molecule has 0 radical (unpaired) electrons. The van der Waals surface area contributed by atoms with Gasteiger partial charge in [0.25, 0.3) is 0 Å². The van der Waals surface area contributed by atoms with Gasteiger partial charge < -0.3 is 19.3 Å².